The second-order valence-corrected chi connectivity index (χ2v) is 10.7. The van der Waals surface area contributed by atoms with Gasteiger partial charge < -0.3 is 9.80 Å². The predicted molar refractivity (Wildman–Crippen MR) is 137 cm³/mol. The third-order valence-electron chi connectivity index (χ3n) is 6.34. The number of carbonyl (C=O) groups is 2. The van der Waals surface area contributed by atoms with Crippen molar-refractivity contribution in [1.82, 2.24) is 19.8 Å². The smallest absolute Gasteiger partial charge is 0.272 e. The summed E-state index contributed by atoms with van der Waals surface area (Å²) in [5.41, 5.74) is 2.67. The zero-order valence-electron chi connectivity index (χ0n) is 19.6. The Hall–Kier alpha value is -2.71. The fourth-order valence-electron chi connectivity index (χ4n) is 4.44. The van der Waals surface area contributed by atoms with Crippen molar-refractivity contribution in [3.63, 3.8) is 0 Å². The van der Waals surface area contributed by atoms with Crippen molar-refractivity contribution >= 4 is 34.9 Å². The predicted octanol–water partition coefficient (Wildman–Crippen LogP) is 4.56. The number of aromatic nitrogens is 2. The molecule has 0 saturated carbocycles. The van der Waals surface area contributed by atoms with Crippen LogP contribution in [-0.4, -0.2) is 63.5 Å². The van der Waals surface area contributed by atoms with Gasteiger partial charge in [0.1, 0.15) is 5.69 Å². The first kappa shape index (κ1) is 24.4. The van der Waals surface area contributed by atoms with E-state index in [2.05, 4.69) is 22.1 Å². The Morgan fingerprint density at radius 1 is 1.15 bits per heavy atom. The molecule has 0 spiro atoms. The zero-order valence-corrected chi connectivity index (χ0v) is 21.2. The summed E-state index contributed by atoms with van der Waals surface area (Å²) in [5.74, 6) is 0.837. The van der Waals surface area contributed by atoms with Crippen LogP contribution in [0.15, 0.2) is 64.4 Å². The molecule has 1 aliphatic heterocycles. The molecule has 1 atom stereocenters. The summed E-state index contributed by atoms with van der Waals surface area (Å²) in [7, 11) is 1.88. The van der Waals surface area contributed by atoms with Crippen LogP contribution in [0.1, 0.15) is 34.6 Å². The topological polar surface area (TPSA) is 66.4 Å². The zero-order chi connectivity index (χ0) is 23.9. The van der Waals surface area contributed by atoms with Crippen molar-refractivity contribution in [3.8, 4) is 0 Å². The summed E-state index contributed by atoms with van der Waals surface area (Å²) in [6.45, 7) is 3.41. The van der Waals surface area contributed by atoms with E-state index in [0.717, 1.165) is 42.4 Å². The van der Waals surface area contributed by atoms with Gasteiger partial charge in [0.05, 0.1) is 5.75 Å². The lowest BCUT2D eigenvalue weighted by molar-refractivity contribution is -0.130. The number of hydrogen-bond acceptors (Lipinski definition) is 6. The minimum atomic E-state index is -0.0600. The van der Waals surface area contributed by atoms with Gasteiger partial charge in [-0.25, -0.2) is 4.98 Å². The lowest BCUT2D eigenvalue weighted by atomic mass is 9.85. The minimum Gasteiger partial charge on any atom is -0.342 e. The molecule has 4 rings (SSSR count). The summed E-state index contributed by atoms with van der Waals surface area (Å²) < 4.78 is 0.943. The molecule has 1 saturated heterocycles. The van der Waals surface area contributed by atoms with E-state index in [1.54, 1.807) is 23.6 Å². The quantitative estimate of drug-likeness (QED) is 0.430. The number of hydrogen-bond donors (Lipinski definition) is 0. The fraction of sp³-hybridized carbons (Fsp3) is 0.385. The Morgan fingerprint density at radius 2 is 1.88 bits per heavy atom. The molecule has 1 aromatic carbocycles. The number of thioether (sulfide) groups is 1. The number of carbonyl (C=O) groups excluding carboxylic acids is 2. The maximum Gasteiger partial charge on any atom is 0.272 e. The van der Waals surface area contributed by atoms with Crippen LogP contribution in [0.4, 0.5) is 0 Å². The first-order valence-electron chi connectivity index (χ1n) is 11.6. The van der Waals surface area contributed by atoms with E-state index in [4.69, 9.17) is 0 Å². The highest BCUT2D eigenvalue weighted by Crippen LogP contribution is 2.28. The highest BCUT2D eigenvalue weighted by Gasteiger charge is 2.33. The van der Waals surface area contributed by atoms with Gasteiger partial charge in [0.2, 0.25) is 5.91 Å². The number of thiazole rings is 1. The summed E-state index contributed by atoms with van der Waals surface area (Å²) in [6.07, 6.45) is 4.20. The van der Waals surface area contributed by atoms with Crippen molar-refractivity contribution < 1.29 is 9.59 Å². The van der Waals surface area contributed by atoms with E-state index in [9.17, 15) is 9.59 Å². The Morgan fingerprint density at radius 3 is 2.53 bits per heavy atom. The molecular formula is C26H30N4O2S2. The molecule has 1 unspecified atom stereocenters. The van der Waals surface area contributed by atoms with E-state index in [1.165, 1.54) is 17.3 Å². The van der Waals surface area contributed by atoms with Gasteiger partial charge in [0.25, 0.3) is 5.91 Å². The number of nitrogens with zero attached hydrogens (tertiary/aromatic N) is 4. The summed E-state index contributed by atoms with van der Waals surface area (Å²) >= 11 is 3.10. The molecule has 0 bridgehead atoms. The van der Waals surface area contributed by atoms with E-state index in [1.807, 2.05) is 59.5 Å². The molecule has 0 radical (unpaired) electrons. The van der Waals surface area contributed by atoms with Gasteiger partial charge in [0, 0.05) is 43.4 Å². The van der Waals surface area contributed by atoms with Gasteiger partial charge in [0.15, 0.2) is 4.34 Å². The SMILES string of the molecule is Cc1csc(SCC(=O)N2CCC(C(Cc3ccccc3)N(C)C(=O)c3ccccn3)CC2)n1. The van der Waals surface area contributed by atoms with Gasteiger partial charge in [-0.05, 0) is 49.8 Å². The molecule has 3 heterocycles. The second kappa shape index (κ2) is 11.6. The standard InChI is InChI=1S/C26H30N4O2S2/c1-19-17-33-26(28-19)34-18-24(31)30-14-11-21(12-15-30)23(16-20-8-4-3-5-9-20)29(2)25(32)22-10-6-7-13-27-22/h3-10,13,17,21,23H,11-12,14-16,18H2,1-2H3. The summed E-state index contributed by atoms with van der Waals surface area (Å²) in [4.78, 5) is 38.5. The molecule has 6 nitrogen and oxygen atoms in total. The maximum atomic E-state index is 13.2. The fourth-order valence-corrected chi connectivity index (χ4v) is 6.20. The monoisotopic (exact) mass is 494 g/mol. The van der Waals surface area contributed by atoms with Gasteiger partial charge in [-0.3, -0.25) is 14.6 Å². The number of likely N-dealkylation sites (N-methyl/N-ethyl adjacent to an activating group) is 1. The Bertz CT molecular complexity index is 1080. The van der Waals surface area contributed by atoms with Crippen LogP contribution in [0.2, 0.25) is 0 Å². The minimum absolute atomic E-state index is 0.0434. The van der Waals surface area contributed by atoms with Gasteiger partial charge >= 0.3 is 0 Å². The van der Waals surface area contributed by atoms with Crippen LogP contribution >= 0.6 is 23.1 Å². The molecule has 34 heavy (non-hydrogen) atoms. The second-order valence-electron chi connectivity index (χ2n) is 8.65. The van der Waals surface area contributed by atoms with Gasteiger partial charge in [-0.15, -0.1) is 11.3 Å². The lowest BCUT2D eigenvalue weighted by Gasteiger charge is -2.40. The highest BCUT2D eigenvalue weighted by atomic mass is 32.2. The molecule has 1 aliphatic rings. The number of aryl methyl sites for hydroxylation is 1. The van der Waals surface area contributed by atoms with Crippen molar-refractivity contribution in [1.29, 1.82) is 0 Å². The molecule has 8 heteroatoms. The van der Waals surface area contributed by atoms with Gasteiger partial charge in [-0.1, -0.05) is 48.2 Å². The average Bonchev–Trinajstić information content (AvgIpc) is 3.31. The average molecular weight is 495 g/mol. The van der Waals surface area contributed by atoms with Crippen LogP contribution in [-0.2, 0) is 11.2 Å². The highest BCUT2D eigenvalue weighted by molar-refractivity contribution is 8.01. The molecule has 3 aromatic rings. The third kappa shape index (κ3) is 6.24. The van der Waals surface area contributed by atoms with Crippen LogP contribution < -0.4 is 0 Å². The first-order valence-corrected chi connectivity index (χ1v) is 13.4. The maximum absolute atomic E-state index is 13.2. The van der Waals surface area contributed by atoms with E-state index < -0.39 is 0 Å². The van der Waals surface area contributed by atoms with Crippen molar-refractivity contribution in [2.24, 2.45) is 5.92 Å². The largest absolute Gasteiger partial charge is 0.342 e. The molecule has 2 amide bonds. The molecule has 178 valence electrons. The van der Waals surface area contributed by atoms with E-state index in [0.29, 0.717) is 17.4 Å². The van der Waals surface area contributed by atoms with Crippen LogP contribution in [0.25, 0.3) is 0 Å². The third-order valence-corrected chi connectivity index (χ3v) is 8.47. The van der Waals surface area contributed by atoms with Crippen LogP contribution in [0.3, 0.4) is 0 Å². The van der Waals surface area contributed by atoms with Crippen molar-refractivity contribution in [3.05, 3.63) is 77.1 Å². The number of amides is 2. The molecule has 1 fully saturated rings. The van der Waals surface area contributed by atoms with E-state index >= 15 is 0 Å². The molecular weight excluding hydrogens is 464 g/mol. The Balaban J connectivity index is 1.40. The van der Waals surface area contributed by atoms with Gasteiger partial charge in [-0.2, -0.15) is 0 Å². The summed E-state index contributed by atoms with van der Waals surface area (Å²) in [6, 6.07) is 15.8. The lowest BCUT2D eigenvalue weighted by Crippen LogP contribution is -2.48. The van der Waals surface area contributed by atoms with Crippen molar-refractivity contribution in [2.75, 3.05) is 25.9 Å². The molecule has 0 aliphatic carbocycles. The number of benzene rings is 1. The Kier molecular flexibility index (Phi) is 8.34. The normalized spacial score (nSPS) is 15.2. The summed E-state index contributed by atoms with van der Waals surface area (Å²) in [5, 5.41) is 2.01. The number of likely N-dealkylation sites (tertiary alicyclic amines) is 1. The van der Waals surface area contributed by atoms with Crippen LogP contribution in [0, 0.1) is 12.8 Å². The number of piperidine rings is 1. The first-order chi connectivity index (χ1) is 16.5. The Labute approximate surface area is 209 Å². The van der Waals surface area contributed by atoms with Crippen LogP contribution in [0.5, 0.6) is 0 Å². The number of pyridine rings is 1. The number of rotatable bonds is 8. The van der Waals surface area contributed by atoms with Crippen molar-refractivity contribution in [2.45, 2.75) is 36.6 Å². The molecule has 0 N–H and O–H groups in total. The van der Waals surface area contributed by atoms with E-state index in [-0.39, 0.29) is 17.9 Å². The molecule has 2 aromatic heterocycles.